The third-order valence-electron chi connectivity index (χ3n) is 4.14. The number of pyridine rings is 1. The van der Waals surface area contributed by atoms with Crippen molar-refractivity contribution in [2.24, 2.45) is 0 Å². The van der Waals surface area contributed by atoms with Gasteiger partial charge in [-0.1, -0.05) is 0 Å². The zero-order valence-corrected chi connectivity index (χ0v) is 11.4. The lowest BCUT2D eigenvalue weighted by molar-refractivity contribution is -0.146. The fraction of sp³-hybridized carbons (Fsp3) is 0.357. The van der Waals surface area contributed by atoms with Gasteiger partial charge in [0, 0.05) is 31.2 Å². The maximum atomic E-state index is 12.0. The molecular weight excluding hydrogens is 270 g/mol. The van der Waals surface area contributed by atoms with Gasteiger partial charge in [0.25, 0.3) is 0 Å². The first-order valence-electron chi connectivity index (χ1n) is 6.98. The molecule has 2 aromatic heterocycles. The second-order valence-electron chi connectivity index (χ2n) is 5.35. The Bertz CT molecular complexity index is 725. The Labute approximate surface area is 120 Å². The van der Waals surface area contributed by atoms with Gasteiger partial charge in [0.2, 0.25) is 11.8 Å². The van der Waals surface area contributed by atoms with Crippen LogP contribution in [0.15, 0.2) is 24.4 Å². The van der Waals surface area contributed by atoms with Crippen LogP contribution in [-0.2, 0) is 9.59 Å². The number of hydrogen-bond donors (Lipinski definition) is 2. The first kappa shape index (κ1) is 12.2. The summed E-state index contributed by atoms with van der Waals surface area (Å²) in [6, 6.07) is 5.51. The van der Waals surface area contributed by atoms with Gasteiger partial charge in [-0.15, -0.1) is 0 Å². The van der Waals surface area contributed by atoms with Crippen LogP contribution in [0.25, 0.3) is 11.0 Å². The minimum absolute atomic E-state index is 0.00738. The Balaban J connectivity index is 1.62. The number of aromatic nitrogens is 2. The standard InChI is InChI=1S/C14H15N5O2/c20-12-7-16-14(21)10-8-18(5-6-19(10)12)11-2-1-9-3-4-15-13(9)17-11/h1-4,10H,5-8H2,(H,15,17)(H,16,21)/t10-/m1/s1. The monoisotopic (exact) mass is 285 g/mol. The van der Waals surface area contributed by atoms with E-state index in [2.05, 4.69) is 20.2 Å². The first-order chi connectivity index (χ1) is 10.2. The van der Waals surface area contributed by atoms with E-state index in [1.165, 1.54) is 0 Å². The van der Waals surface area contributed by atoms with Crippen molar-refractivity contribution in [2.75, 3.05) is 31.1 Å². The van der Waals surface area contributed by atoms with E-state index in [0.29, 0.717) is 19.6 Å². The third-order valence-corrected chi connectivity index (χ3v) is 4.14. The quantitative estimate of drug-likeness (QED) is 0.754. The van der Waals surface area contributed by atoms with Gasteiger partial charge < -0.3 is 20.1 Å². The van der Waals surface area contributed by atoms with E-state index in [9.17, 15) is 9.59 Å². The number of hydrogen-bond acceptors (Lipinski definition) is 4. The molecule has 2 amide bonds. The Morgan fingerprint density at radius 2 is 2.10 bits per heavy atom. The fourth-order valence-corrected chi connectivity index (χ4v) is 2.99. The molecule has 7 nitrogen and oxygen atoms in total. The van der Waals surface area contributed by atoms with E-state index >= 15 is 0 Å². The van der Waals surface area contributed by atoms with Crippen LogP contribution in [-0.4, -0.2) is 58.9 Å². The third kappa shape index (κ3) is 1.93. The van der Waals surface area contributed by atoms with Crippen molar-refractivity contribution in [3.63, 3.8) is 0 Å². The van der Waals surface area contributed by atoms with E-state index in [1.807, 2.05) is 24.4 Å². The van der Waals surface area contributed by atoms with E-state index in [4.69, 9.17) is 0 Å². The van der Waals surface area contributed by atoms with Crippen molar-refractivity contribution in [2.45, 2.75) is 6.04 Å². The lowest BCUT2D eigenvalue weighted by Crippen LogP contribution is -2.66. The highest BCUT2D eigenvalue weighted by molar-refractivity contribution is 5.95. The Morgan fingerprint density at radius 1 is 1.19 bits per heavy atom. The fourth-order valence-electron chi connectivity index (χ4n) is 2.99. The molecule has 2 saturated heterocycles. The van der Waals surface area contributed by atoms with Gasteiger partial charge in [-0.3, -0.25) is 9.59 Å². The summed E-state index contributed by atoms with van der Waals surface area (Å²) >= 11 is 0. The number of fused-ring (bicyclic) bond motifs is 2. The minimum atomic E-state index is -0.416. The number of nitrogens with one attached hydrogen (secondary N) is 2. The lowest BCUT2D eigenvalue weighted by atomic mass is 10.1. The average Bonchev–Trinajstić information content (AvgIpc) is 2.98. The molecule has 2 aromatic rings. The van der Waals surface area contributed by atoms with Crippen LogP contribution in [0.1, 0.15) is 0 Å². The van der Waals surface area contributed by atoms with Crippen LogP contribution in [0.2, 0.25) is 0 Å². The second-order valence-corrected chi connectivity index (χ2v) is 5.35. The van der Waals surface area contributed by atoms with Crippen molar-refractivity contribution >= 4 is 28.7 Å². The lowest BCUT2D eigenvalue weighted by Gasteiger charge is -2.43. The molecule has 1 atom stereocenters. The summed E-state index contributed by atoms with van der Waals surface area (Å²) in [5, 5.41) is 3.70. The molecule has 0 aromatic carbocycles. The molecular formula is C14H15N5O2. The van der Waals surface area contributed by atoms with Crippen LogP contribution < -0.4 is 10.2 Å². The maximum Gasteiger partial charge on any atom is 0.245 e. The summed E-state index contributed by atoms with van der Waals surface area (Å²) in [6.45, 7) is 1.84. The largest absolute Gasteiger partial charge is 0.352 e. The Kier molecular flexibility index (Phi) is 2.60. The van der Waals surface area contributed by atoms with Crippen molar-refractivity contribution in [3.8, 4) is 0 Å². The number of carbonyl (C=O) groups is 2. The van der Waals surface area contributed by atoms with Crippen molar-refractivity contribution in [1.82, 2.24) is 20.2 Å². The molecule has 108 valence electrons. The molecule has 0 spiro atoms. The number of aromatic amines is 1. The highest BCUT2D eigenvalue weighted by Crippen LogP contribution is 2.21. The summed E-state index contributed by atoms with van der Waals surface area (Å²) in [6.07, 6.45) is 1.85. The zero-order chi connectivity index (χ0) is 14.4. The Morgan fingerprint density at radius 3 is 3.00 bits per heavy atom. The molecule has 2 N–H and O–H groups in total. The van der Waals surface area contributed by atoms with Crippen molar-refractivity contribution < 1.29 is 9.59 Å². The summed E-state index contributed by atoms with van der Waals surface area (Å²) in [7, 11) is 0. The van der Waals surface area contributed by atoms with Crippen LogP contribution in [0.4, 0.5) is 5.82 Å². The molecule has 4 rings (SSSR count). The van der Waals surface area contributed by atoms with E-state index in [0.717, 1.165) is 16.9 Å². The normalized spacial score (nSPS) is 22.4. The summed E-state index contributed by atoms with van der Waals surface area (Å²) in [5.74, 6) is 0.739. The Hall–Kier alpha value is -2.57. The highest BCUT2D eigenvalue weighted by atomic mass is 16.2. The molecule has 0 unspecified atom stereocenters. The smallest absolute Gasteiger partial charge is 0.245 e. The number of nitrogens with zero attached hydrogens (tertiary/aromatic N) is 3. The molecule has 7 heteroatoms. The van der Waals surface area contributed by atoms with E-state index in [-0.39, 0.29) is 18.4 Å². The first-order valence-corrected chi connectivity index (χ1v) is 6.98. The predicted octanol–water partition coefficient (Wildman–Crippen LogP) is -0.290. The molecule has 0 bridgehead atoms. The van der Waals surface area contributed by atoms with Crippen LogP contribution in [0.5, 0.6) is 0 Å². The number of H-pyrrole nitrogens is 1. The van der Waals surface area contributed by atoms with Gasteiger partial charge in [0.1, 0.15) is 17.5 Å². The molecule has 0 saturated carbocycles. The number of rotatable bonds is 1. The molecule has 2 aliphatic heterocycles. The van der Waals surface area contributed by atoms with Gasteiger partial charge in [0.05, 0.1) is 6.54 Å². The number of piperazine rings is 2. The zero-order valence-electron chi connectivity index (χ0n) is 11.4. The van der Waals surface area contributed by atoms with Gasteiger partial charge in [0.15, 0.2) is 0 Å². The second kappa shape index (κ2) is 4.47. The van der Waals surface area contributed by atoms with E-state index < -0.39 is 6.04 Å². The van der Waals surface area contributed by atoms with Gasteiger partial charge >= 0.3 is 0 Å². The van der Waals surface area contributed by atoms with Crippen molar-refractivity contribution in [3.05, 3.63) is 24.4 Å². The number of anilines is 1. The van der Waals surface area contributed by atoms with Gasteiger partial charge in [-0.05, 0) is 18.2 Å². The maximum absolute atomic E-state index is 12.0. The topological polar surface area (TPSA) is 81.3 Å². The van der Waals surface area contributed by atoms with Crippen LogP contribution >= 0.6 is 0 Å². The van der Waals surface area contributed by atoms with Gasteiger partial charge in [-0.2, -0.15) is 0 Å². The molecule has 21 heavy (non-hydrogen) atoms. The highest BCUT2D eigenvalue weighted by Gasteiger charge is 2.38. The number of carbonyl (C=O) groups excluding carboxylic acids is 2. The average molecular weight is 285 g/mol. The molecule has 2 fully saturated rings. The number of amides is 2. The van der Waals surface area contributed by atoms with Crippen LogP contribution in [0.3, 0.4) is 0 Å². The van der Waals surface area contributed by atoms with Crippen LogP contribution in [0, 0.1) is 0 Å². The summed E-state index contributed by atoms with van der Waals surface area (Å²) in [4.78, 5) is 35.2. The summed E-state index contributed by atoms with van der Waals surface area (Å²) < 4.78 is 0. The molecule has 0 radical (unpaired) electrons. The SMILES string of the molecule is O=C1NCC(=O)N2CCN(c3ccc4cc[nH]c4n3)C[C@H]12. The molecule has 4 heterocycles. The molecule has 0 aliphatic carbocycles. The summed E-state index contributed by atoms with van der Waals surface area (Å²) in [5.41, 5.74) is 0.833. The van der Waals surface area contributed by atoms with Crippen molar-refractivity contribution in [1.29, 1.82) is 0 Å². The predicted molar refractivity (Wildman–Crippen MR) is 76.8 cm³/mol. The minimum Gasteiger partial charge on any atom is -0.352 e. The van der Waals surface area contributed by atoms with Gasteiger partial charge in [-0.25, -0.2) is 4.98 Å². The van der Waals surface area contributed by atoms with E-state index in [1.54, 1.807) is 4.90 Å². The molecule has 2 aliphatic rings.